The highest BCUT2D eigenvalue weighted by Gasteiger charge is 2.03. The first-order chi connectivity index (χ1) is 7.63. The van der Waals surface area contributed by atoms with Gasteiger partial charge in [-0.2, -0.15) is 0 Å². The Hall–Kier alpha value is -0.850. The lowest BCUT2D eigenvalue weighted by molar-refractivity contribution is 1.05. The van der Waals surface area contributed by atoms with Crippen LogP contribution in [0.4, 0.5) is 5.95 Å². The van der Waals surface area contributed by atoms with Gasteiger partial charge in [0, 0.05) is 16.7 Å². The van der Waals surface area contributed by atoms with E-state index in [0.29, 0.717) is 10.2 Å². The Labute approximate surface area is 110 Å². The first-order valence-corrected chi connectivity index (χ1v) is 6.22. The number of nitrogens with zero attached hydrogens (tertiary/aromatic N) is 3. The van der Waals surface area contributed by atoms with Crippen LogP contribution in [0.15, 0.2) is 38.9 Å². The number of halogens is 2. The second kappa shape index (κ2) is 4.99. The number of aromatic nitrogens is 3. The van der Waals surface area contributed by atoms with E-state index in [0.717, 1.165) is 9.50 Å². The maximum absolute atomic E-state index is 5.77. The van der Waals surface area contributed by atoms with Crippen LogP contribution in [0.2, 0.25) is 5.15 Å². The largest absolute Gasteiger partial charge is 0.368 e. The van der Waals surface area contributed by atoms with Crippen molar-refractivity contribution in [3.8, 4) is 0 Å². The summed E-state index contributed by atoms with van der Waals surface area (Å²) in [4.78, 5) is 12.0. The third kappa shape index (κ3) is 3.07. The van der Waals surface area contributed by atoms with Gasteiger partial charge in [-0.1, -0.05) is 11.6 Å². The summed E-state index contributed by atoms with van der Waals surface area (Å²) in [6, 6.07) is 5.43. The SMILES string of the molecule is Nc1nc(Cl)cc(Sc2ccc(Br)cn2)n1. The molecule has 0 unspecified atom stereocenters. The average molecular weight is 318 g/mol. The molecule has 2 aromatic rings. The zero-order valence-electron chi connectivity index (χ0n) is 7.89. The highest BCUT2D eigenvalue weighted by Crippen LogP contribution is 2.26. The Bertz CT molecular complexity index is 485. The van der Waals surface area contributed by atoms with Crippen LogP contribution in [0.25, 0.3) is 0 Å². The fraction of sp³-hybridized carbons (Fsp3) is 0. The van der Waals surface area contributed by atoms with Gasteiger partial charge in [-0.25, -0.2) is 15.0 Å². The first kappa shape index (κ1) is 11.6. The molecule has 0 spiro atoms. The van der Waals surface area contributed by atoms with E-state index in [-0.39, 0.29) is 5.95 Å². The number of rotatable bonds is 2. The molecule has 0 saturated heterocycles. The van der Waals surface area contributed by atoms with Gasteiger partial charge in [0.15, 0.2) is 0 Å². The molecule has 2 aromatic heterocycles. The Balaban J connectivity index is 2.23. The van der Waals surface area contributed by atoms with Crippen molar-refractivity contribution < 1.29 is 0 Å². The van der Waals surface area contributed by atoms with E-state index in [1.807, 2.05) is 12.1 Å². The number of pyridine rings is 1. The number of hydrogen-bond donors (Lipinski definition) is 1. The molecule has 82 valence electrons. The van der Waals surface area contributed by atoms with Gasteiger partial charge >= 0.3 is 0 Å². The molecule has 0 atom stereocenters. The molecule has 0 amide bonds. The van der Waals surface area contributed by atoms with Gasteiger partial charge in [-0.3, -0.25) is 0 Å². The quantitative estimate of drug-likeness (QED) is 0.863. The van der Waals surface area contributed by atoms with Crippen LogP contribution in [0.5, 0.6) is 0 Å². The van der Waals surface area contributed by atoms with Gasteiger partial charge < -0.3 is 5.73 Å². The van der Waals surface area contributed by atoms with Crippen molar-refractivity contribution in [2.75, 3.05) is 5.73 Å². The zero-order valence-corrected chi connectivity index (χ0v) is 11.1. The summed E-state index contributed by atoms with van der Waals surface area (Å²) in [6.45, 7) is 0. The molecular weight excluding hydrogens is 312 g/mol. The first-order valence-electron chi connectivity index (χ1n) is 4.23. The Morgan fingerprint density at radius 1 is 1.25 bits per heavy atom. The summed E-state index contributed by atoms with van der Waals surface area (Å²) in [6.07, 6.45) is 1.72. The third-order valence-corrected chi connectivity index (χ3v) is 3.13. The smallest absolute Gasteiger partial charge is 0.222 e. The molecule has 2 N–H and O–H groups in total. The Morgan fingerprint density at radius 2 is 2.06 bits per heavy atom. The molecule has 2 rings (SSSR count). The molecule has 0 fully saturated rings. The normalized spacial score (nSPS) is 10.4. The van der Waals surface area contributed by atoms with Crippen molar-refractivity contribution in [2.45, 2.75) is 10.1 Å². The van der Waals surface area contributed by atoms with Crippen LogP contribution in [-0.4, -0.2) is 15.0 Å². The van der Waals surface area contributed by atoms with Crippen molar-refractivity contribution in [1.82, 2.24) is 15.0 Å². The minimum atomic E-state index is 0.159. The summed E-state index contributed by atoms with van der Waals surface area (Å²) in [5, 5.41) is 1.82. The van der Waals surface area contributed by atoms with E-state index in [2.05, 4.69) is 30.9 Å². The van der Waals surface area contributed by atoms with E-state index in [4.69, 9.17) is 17.3 Å². The van der Waals surface area contributed by atoms with Crippen LogP contribution in [0, 0.1) is 0 Å². The minimum absolute atomic E-state index is 0.159. The zero-order chi connectivity index (χ0) is 11.5. The average Bonchev–Trinajstić information content (AvgIpc) is 2.20. The lowest BCUT2D eigenvalue weighted by Gasteiger charge is -2.01. The molecule has 0 aliphatic heterocycles. The predicted octanol–water partition coefficient (Wildman–Crippen LogP) is 3.02. The fourth-order valence-electron chi connectivity index (χ4n) is 0.996. The van der Waals surface area contributed by atoms with Gasteiger partial charge in [0.05, 0.1) is 0 Å². The summed E-state index contributed by atoms with van der Waals surface area (Å²) in [5.74, 6) is 0.159. The third-order valence-electron chi connectivity index (χ3n) is 1.60. The lowest BCUT2D eigenvalue weighted by atomic mass is 10.5. The van der Waals surface area contributed by atoms with E-state index in [1.165, 1.54) is 11.8 Å². The predicted molar refractivity (Wildman–Crippen MR) is 67.5 cm³/mol. The molecule has 0 bridgehead atoms. The van der Waals surface area contributed by atoms with Crippen LogP contribution in [-0.2, 0) is 0 Å². The molecule has 0 aliphatic rings. The second-order valence-electron chi connectivity index (χ2n) is 2.80. The van der Waals surface area contributed by atoms with E-state index in [1.54, 1.807) is 12.3 Å². The van der Waals surface area contributed by atoms with Crippen LogP contribution < -0.4 is 5.73 Å². The second-order valence-corrected chi connectivity index (χ2v) is 5.15. The number of anilines is 1. The molecule has 16 heavy (non-hydrogen) atoms. The number of hydrogen-bond acceptors (Lipinski definition) is 5. The maximum atomic E-state index is 5.77. The molecule has 0 aliphatic carbocycles. The molecule has 0 saturated carbocycles. The van der Waals surface area contributed by atoms with Crippen molar-refractivity contribution >= 4 is 45.2 Å². The Morgan fingerprint density at radius 3 is 2.69 bits per heavy atom. The van der Waals surface area contributed by atoms with Crippen molar-refractivity contribution in [3.05, 3.63) is 34.0 Å². The number of nitrogen functional groups attached to an aromatic ring is 1. The molecule has 0 aromatic carbocycles. The lowest BCUT2D eigenvalue weighted by Crippen LogP contribution is -1.95. The van der Waals surface area contributed by atoms with Gasteiger partial charge in [0.2, 0.25) is 5.95 Å². The van der Waals surface area contributed by atoms with Crippen LogP contribution >= 0.6 is 39.3 Å². The molecule has 0 radical (unpaired) electrons. The Kier molecular flexibility index (Phi) is 3.63. The summed E-state index contributed by atoms with van der Waals surface area (Å²) >= 11 is 10.5. The topological polar surface area (TPSA) is 64.7 Å². The highest BCUT2D eigenvalue weighted by atomic mass is 79.9. The molecular formula is C9H6BrClN4S. The monoisotopic (exact) mass is 316 g/mol. The van der Waals surface area contributed by atoms with Crippen molar-refractivity contribution in [2.24, 2.45) is 0 Å². The summed E-state index contributed by atoms with van der Waals surface area (Å²) in [5.41, 5.74) is 5.49. The van der Waals surface area contributed by atoms with Crippen molar-refractivity contribution in [1.29, 1.82) is 0 Å². The molecule has 2 heterocycles. The minimum Gasteiger partial charge on any atom is -0.368 e. The molecule has 7 heteroatoms. The maximum Gasteiger partial charge on any atom is 0.222 e. The van der Waals surface area contributed by atoms with Gasteiger partial charge in [0.25, 0.3) is 0 Å². The van der Waals surface area contributed by atoms with E-state index < -0.39 is 0 Å². The number of nitrogens with two attached hydrogens (primary N) is 1. The van der Waals surface area contributed by atoms with Gasteiger partial charge in [0.1, 0.15) is 15.2 Å². The fourth-order valence-corrected chi connectivity index (χ4v) is 2.25. The van der Waals surface area contributed by atoms with Crippen LogP contribution in [0.1, 0.15) is 0 Å². The molecule has 4 nitrogen and oxygen atoms in total. The summed E-state index contributed by atoms with van der Waals surface area (Å²) in [7, 11) is 0. The van der Waals surface area contributed by atoms with Gasteiger partial charge in [-0.05, 0) is 39.8 Å². The highest BCUT2D eigenvalue weighted by molar-refractivity contribution is 9.10. The van der Waals surface area contributed by atoms with Gasteiger partial charge in [-0.15, -0.1) is 0 Å². The van der Waals surface area contributed by atoms with Crippen LogP contribution in [0.3, 0.4) is 0 Å². The summed E-state index contributed by atoms with van der Waals surface area (Å²) < 4.78 is 0.928. The standard InChI is InChI=1S/C9H6BrClN4S/c10-5-1-2-7(13-4-5)16-8-3-6(11)14-9(12)15-8/h1-4H,(H2,12,14,15). The van der Waals surface area contributed by atoms with E-state index in [9.17, 15) is 0 Å². The van der Waals surface area contributed by atoms with Crippen molar-refractivity contribution in [3.63, 3.8) is 0 Å². The van der Waals surface area contributed by atoms with E-state index >= 15 is 0 Å².